The van der Waals surface area contributed by atoms with E-state index in [1.165, 1.54) is 18.2 Å². The predicted octanol–water partition coefficient (Wildman–Crippen LogP) is 0.658. The Kier molecular flexibility index (Phi) is 2.93. The van der Waals surface area contributed by atoms with Gasteiger partial charge < -0.3 is 10.2 Å². The lowest BCUT2D eigenvalue weighted by Gasteiger charge is -1.92. The highest BCUT2D eigenvalue weighted by Gasteiger charge is 2.00. The molecule has 0 amide bonds. The van der Waals surface area contributed by atoms with Crippen LogP contribution in [-0.2, 0) is 0 Å². The number of aliphatic hydroxyl groups excluding tert-OH is 2. The maximum Gasteiger partial charge on any atom is 0.252 e. The third-order valence-electron chi connectivity index (χ3n) is 1.59. The van der Waals surface area contributed by atoms with Crippen LogP contribution in [0.15, 0.2) is 18.2 Å². The van der Waals surface area contributed by atoms with Crippen molar-refractivity contribution in [2.45, 2.75) is 0 Å². The molecule has 0 saturated carbocycles. The van der Waals surface area contributed by atoms with E-state index in [2.05, 4.69) is 0 Å². The summed E-state index contributed by atoms with van der Waals surface area (Å²) in [6.45, 7) is 0. The molecule has 1 rings (SSSR count). The largest absolute Gasteiger partial charge is 0.515 e. The summed E-state index contributed by atoms with van der Waals surface area (Å²) in [6.07, 6.45) is 1.63. The molecule has 0 saturated heterocycles. The number of carbonyl (C=O) groups excluding carboxylic acids is 1. The Morgan fingerprint density at radius 1 is 1.23 bits per heavy atom. The van der Waals surface area contributed by atoms with Gasteiger partial charge in [0.1, 0.15) is 0 Å². The Morgan fingerprint density at radius 3 is 2.31 bits per heavy atom. The molecule has 0 aliphatic rings. The van der Waals surface area contributed by atoms with Crippen molar-refractivity contribution in [3.63, 3.8) is 0 Å². The summed E-state index contributed by atoms with van der Waals surface area (Å²) < 4.78 is 0. The van der Waals surface area contributed by atoms with Gasteiger partial charge in [0.2, 0.25) is 0 Å². The fourth-order valence-corrected chi connectivity index (χ4v) is 1.04. The highest BCUT2D eigenvalue weighted by atomic mass is 35.5. The normalized spacial score (nSPS) is 13.3. The fourth-order valence-electron chi connectivity index (χ4n) is 0.926. The van der Waals surface area contributed by atoms with Crippen LogP contribution < -0.4 is 10.4 Å². The van der Waals surface area contributed by atoms with Gasteiger partial charge in [0.15, 0.2) is 0 Å². The van der Waals surface area contributed by atoms with Gasteiger partial charge in [0.05, 0.1) is 12.5 Å². The van der Waals surface area contributed by atoms with Crippen molar-refractivity contribution in [2.24, 2.45) is 0 Å². The van der Waals surface area contributed by atoms with E-state index in [9.17, 15) is 4.79 Å². The summed E-state index contributed by atoms with van der Waals surface area (Å²) in [4.78, 5) is 10.7. The molecule has 0 aliphatic carbocycles. The van der Waals surface area contributed by atoms with Crippen molar-refractivity contribution >= 4 is 29.4 Å². The highest BCUT2D eigenvalue weighted by Crippen LogP contribution is 1.97. The van der Waals surface area contributed by atoms with Crippen LogP contribution in [-0.4, -0.2) is 15.5 Å². The van der Waals surface area contributed by atoms with E-state index in [-0.39, 0.29) is 5.56 Å². The average molecular weight is 199 g/mol. The standard InChI is InChI=1S/C9H7ClO3/c10-9(13)6-1-2-7(4-11)8(3-6)5-12/h1-5,11-12H. The summed E-state index contributed by atoms with van der Waals surface area (Å²) in [5, 5.41) is 17.6. The molecule has 13 heavy (non-hydrogen) atoms. The molecule has 0 bridgehead atoms. The van der Waals surface area contributed by atoms with Gasteiger partial charge in [0, 0.05) is 16.0 Å². The molecule has 3 nitrogen and oxygen atoms in total. The maximum absolute atomic E-state index is 10.7. The minimum Gasteiger partial charge on any atom is -0.515 e. The van der Waals surface area contributed by atoms with E-state index in [0.29, 0.717) is 10.4 Å². The van der Waals surface area contributed by atoms with Crippen LogP contribution in [0.5, 0.6) is 0 Å². The Bertz CT molecular complexity index is 437. The fraction of sp³-hybridized carbons (Fsp3) is 0. The molecule has 1 aromatic carbocycles. The summed E-state index contributed by atoms with van der Waals surface area (Å²) in [7, 11) is 0. The summed E-state index contributed by atoms with van der Waals surface area (Å²) >= 11 is 5.22. The van der Waals surface area contributed by atoms with E-state index in [1.807, 2.05) is 0 Å². The number of hydrogen-bond donors (Lipinski definition) is 2. The van der Waals surface area contributed by atoms with Crippen LogP contribution >= 0.6 is 11.6 Å². The number of hydrogen-bond acceptors (Lipinski definition) is 3. The minimum absolute atomic E-state index is 0.271. The lowest BCUT2D eigenvalue weighted by molar-refractivity contribution is 0.108. The molecule has 0 aliphatic heterocycles. The third-order valence-corrected chi connectivity index (χ3v) is 1.81. The molecule has 0 spiro atoms. The first kappa shape index (κ1) is 9.61. The second-order valence-corrected chi connectivity index (χ2v) is 2.72. The molecule has 0 fully saturated rings. The van der Waals surface area contributed by atoms with Crippen LogP contribution in [0.3, 0.4) is 0 Å². The quantitative estimate of drug-likeness (QED) is 0.652. The molecule has 2 N–H and O–H groups in total. The van der Waals surface area contributed by atoms with Gasteiger partial charge in [-0.2, -0.15) is 0 Å². The Labute approximate surface area is 79.2 Å². The van der Waals surface area contributed by atoms with Crippen LogP contribution in [0.2, 0.25) is 0 Å². The van der Waals surface area contributed by atoms with Crippen LogP contribution in [0.25, 0.3) is 12.5 Å². The maximum atomic E-state index is 10.7. The monoisotopic (exact) mass is 198 g/mol. The van der Waals surface area contributed by atoms with Crippen molar-refractivity contribution in [1.29, 1.82) is 0 Å². The minimum atomic E-state index is -0.604. The molecule has 0 radical (unpaired) electrons. The first-order valence-corrected chi connectivity index (χ1v) is 3.85. The second-order valence-electron chi connectivity index (χ2n) is 2.38. The topological polar surface area (TPSA) is 57.5 Å². The molecular formula is C9H7ClO3. The van der Waals surface area contributed by atoms with Gasteiger partial charge in [-0.1, -0.05) is 6.07 Å². The SMILES string of the molecule is O=C(Cl)c1ccc(=CO)c(=CO)c1. The molecule has 0 unspecified atom stereocenters. The van der Waals surface area contributed by atoms with Crippen molar-refractivity contribution < 1.29 is 15.0 Å². The number of carbonyl (C=O) groups is 1. The Morgan fingerprint density at radius 2 is 1.85 bits per heavy atom. The predicted molar refractivity (Wildman–Crippen MR) is 50.1 cm³/mol. The summed E-state index contributed by atoms with van der Waals surface area (Å²) in [6, 6.07) is 4.33. The summed E-state index contributed by atoms with van der Waals surface area (Å²) in [5.41, 5.74) is 0.271. The zero-order valence-corrected chi connectivity index (χ0v) is 7.32. The van der Waals surface area contributed by atoms with Gasteiger partial charge in [-0.15, -0.1) is 0 Å². The second kappa shape index (κ2) is 3.96. The van der Waals surface area contributed by atoms with E-state index in [0.717, 1.165) is 12.5 Å². The van der Waals surface area contributed by atoms with Crippen molar-refractivity contribution in [1.82, 2.24) is 0 Å². The number of rotatable bonds is 1. The summed E-state index contributed by atoms with van der Waals surface area (Å²) in [5.74, 6) is 0. The highest BCUT2D eigenvalue weighted by molar-refractivity contribution is 6.67. The average Bonchev–Trinajstić information content (AvgIpc) is 2.16. The first-order valence-electron chi connectivity index (χ1n) is 3.47. The molecule has 4 heteroatoms. The molecule has 0 aromatic heterocycles. The molecule has 1 aromatic rings. The Balaban J connectivity index is 3.49. The van der Waals surface area contributed by atoms with E-state index >= 15 is 0 Å². The van der Waals surface area contributed by atoms with Gasteiger partial charge in [-0.05, 0) is 23.7 Å². The smallest absolute Gasteiger partial charge is 0.252 e. The van der Waals surface area contributed by atoms with E-state index in [1.54, 1.807) is 0 Å². The number of halogens is 1. The molecule has 68 valence electrons. The molecular weight excluding hydrogens is 192 g/mol. The zero-order chi connectivity index (χ0) is 9.84. The van der Waals surface area contributed by atoms with E-state index < -0.39 is 5.24 Å². The third kappa shape index (κ3) is 2.00. The lowest BCUT2D eigenvalue weighted by atomic mass is 10.2. The van der Waals surface area contributed by atoms with Gasteiger partial charge in [-0.3, -0.25) is 4.79 Å². The zero-order valence-electron chi connectivity index (χ0n) is 6.57. The first-order chi connectivity index (χ1) is 6.19. The van der Waals surface area contributed by atoms with Crippen molar-refractivity contribution in [2.75, 3.05) is 0 Å². The molecule has 0 heterocycles. The van der Waals surface area contributed by atoms with Crippen molar-refractivity contribution in [3.8, 4) is 0 Å². The van der Waals surface area contributed by atoms with Crippen LogP contribution in [0.1, 0.15) is 10.4 Å². The van der Waals surface area contributed by atoms with Gasteiger partial charge in [-0.25, -0.2) is 0 Å². The van der Waals surface area contributed by atoms with Crippen LogP contribution in [0.4, 0.5) is 0 Å². The van der Waals surface area contributed by atoms with Crippen molar-refractivity contribution in [3.05, 3.63) is 34.2 Å². The van der Waals surface area contributed by atoms with Crippen LogP contribution in [0, 0.1) is 0 Å². The van der Waals surface area contributed by atoms with E-state index in [4.69, 9.17) is 21.8 Å². The lowest BCUT2D eigenvalue weighted by Crippen LogP contribution is -2.25. The molecule has 0 atom stereocenters. The van der Waals surface area contributed by atoms with Gasteiger partial charge >= 0.3 is 0 Å². The number of benzene rings is 1. The number of aliphatic hydroxyl groups is 2. The Hall–Kier alpha value is -1.48. The van der Waals surface area contributed by atoms with Gasteiger partial charge in [0.25, 0.3) is 5.24 Å².